The molecule has 0 bridgehead atoms. The highest BCUT2D eigenvalue weighted by atomic mass is 16.7. The first-order valence-corrected chi connectivity index (χ1v) is 11.6. The van der Waals surface area contributed by atoms with Gasteiger partial charge in [0, 0.05) is 33.8 Å². The first kappa shape index (κ1) is 29.1. The summed E-state index contributed by atoms with van der Waals surface area (Å²) in [6, 6.07) is 2.05. The van der Waals surface area contributed by atoms with Gasteiger partial charge in [0.05, 0.1) is 17.0 Å². The van der Waals surface area contributed by atoms with Gasteiger partial charge >= 0.3 is 23.9 Å². The molecule has 2 N–H and O–H groups in total. The van der Waals surface area contributed by atoms with Crippen LogP contribution in [0.15, 0.2) is 24.0 Å². The lowest BCUT2D eigenvalue weighted by molar-refractivity contribution is -0.286. The average Bonchev–Trinajstić information content (AvgIpc) is 2.82. The van der Waals surface area contributed by atoms with Crippen LogP contribution in [0, 0.1) is 5.92 Å². The fraction of sp³-hybridized carbons (Fsp3) is 0.440. The van der Waals surface area contributed by atoms with E-state index in [9.17, 15) is 39.0 Å². The monoisotopic (exact) mass is 550 g/mol. The van der Waals surface area contributed by atoms with Crippen molar-refractivity contribution in [1.82, 2.24) is 0 Å². The number of rotatable bonds is 8. The van der Waals surface area contributed by atoms with E-state index in [-0.39, 0.29) is 0 Å². The predicted octanol–water partition coefficient (Wildman–Crippen LogP) is 0.708. The number of ketones is 2. The third kappa shape index (κ3) is 6.71. The Hall–Kier alpha value is -4.46. The summed E-state index contributed by atoms with van der Waals surface area (Å²) in [5.41, 5.74) is -0.954. The summed E-state index contributed by atoms with van der Waals surface area (Å²) in [7, 11) is 0. The van der Waals surface area contributed by atoms with E-state index in [1.807, 2.05) is 0 Å². The van der Waals surface area contributed by atoms with Gasteiger partial charge in [-0.2, -0.15) is 0 Å². The standard InChI is InChI=1S/C25H26O14/c1-10(26)34-8-14-23(36-12(3)28)24(37-13(4)29)19(9-35-11(2)27)39-25(14)38-18-7-17(32)20-15(30)5-6-16(31)21(20)22(18)33/h5-7,14,19,23-25,30-31H,8-9H2,1-4H3/t14-,19-,23-,24-,25-/m1/s1. The van der Waals surface area contributed by atoms with Gasteiger partial charge in [-0.15, -0.1) is 0 Å². The Labute approximate surface area is 221 Å². The van der Waals surface area contributed by atoms with Crippen molar-refractivity contribution in [2.24, 2.45) is 5.92 Å². The van der Waals surface area contributed by atoms with Gasteiger partial charge < -0.3 is 38.6 Å². The van der Waals surface area contributed by atoms with Crippen molar-refractivity contribution in [3.8, 4) is 11.5 Å². The third-order valence-electron chi connectivity index (χ3n) is 5.67. The fourth-order valence-electron chi connectivity index (χ4n) is 4.13. The maximum Gasteiger partial charge on any atom is 0.303 e. The maximum atomic E-state index is 13.2. The molecule has 5 atom stereocenters. The number of fused-ring (bicyclic) bond motifs is 1. The molecule has 2 aliphatic rings. The van der Waals surface area contributed by atoms with E-state index >= 15 is 0 Å². The Morgan fingerprint density at radius 1 is 0.795 bits per heavy atom. The number of allylic oxidation sites excluding steroid dienone is 2. The smallest absolute Gasteiger partial charge is 0.303 e. The van der Waals surface area contributed by atoms with Crippen LogP contribution in [-0.4, -0.2) is 83.5 Å². The second-order valence-electron chi connectivity index (χ2n) is 8.63. The number of aromatic hydroxyl groups is 2. The van der Waals surface area contributed by atoms with Crippen molar-refractivity contribution in [1.29, 1.82) is 0 Å². The SMILES string of the molecule is CC(=O)OC[C@H]1[C@H](OC2=CC(=O)c3c(O)ccc(O)c3C2=O)O[C@H](COC(C)=O)[C@@H](OC(C)=O)[C@@H]1OC(C)=O. The zero-order valence-corrected chi connectivity index (χ0v) is 21.3. The number of carbonyl (C=O) groups is 6. The molecule has 3 rings (SSSR count). The van der Waals surface area contributed by atoms with E-state index in [1.54, 1.807) is 0 Å². The number of esters is 4. The van der Waals surface area contributed by atoms with Crippen molar-refractivity contribution in [2.45, 2.75) is 52.3 Å². The molecule has 1 aliphatic carbocycles. The molecule has 1 fully saturated rings. The minimum absolute atomic E-state index is 0.436. The van der Waals surface area contributed by atoms with Crippen molar-refractivity contribution in [3.05, 3.63) is 35.1 Å². The number of carbonyl (C=O) groups excluding carboxylic acids is 6. The van der Waals surface area contributed by atoms with Gasteiger partial charge in [-0.1, -0.05) is 0 Å². The summed E-state index contributed by atoms with van der Waals surface area (Å²) >= 11 is 0. The van der Waals surface area contributed by atoms with Gasteiger partial charge in [0.25, 0.3) is 0 Å². The van der Waals surface area contributed by atoms with Gasteiger partial charge in [-0.25, -0.2) is 0 Å². The van der Waals surface area contributed by atoms with Crippen LogP contribution in [0.5, 0.6) is 11.5 Å². The Morgan fingerprint density at radius 2 is 1.33 bits per heavy atom. The molecule has 1 aliphatic heterocycles. The lowest BCUT2D eigenvalue weighted by Crippen LogP contribution is -2.60. The van der Waals surface area contributed by atoms with E-state index in [1.165, 1.54) is 0 Å². The Bertz CT molecular complexity index is 1230. The molecular weight excluding hydrogens is 524 g/mol. The minimum atomic E-state index is -1.61. The molecule has 0 spiro atoms. The highest BCUT2D eigenvalue weighted by Crippen LogP contribution is 2.38. The normalized spacial score (nSPS) is 24.1. The highest BCUT2D eigenvalue weighted by molar-refractivity contribution is 6.25. The summed E-state index contributed by atoms with van der Waals surface area (Å²) in [6.07, 6.45) is -4.92. The molecule has 0 saturated carbocycles. The number of hydrogen-bond acceptors (Lipinski definition) is 14. The lowest BCUT2D eigenvalue weighted by Gasteiger charge is -2.44. The summed E-state index contributed by atoms with van der Waals surface area (Å²) in [6.45, 7) is 3.33. The summed E-state index contributed by atoms with van der Waals surface area (Å²) < 4.78 is 32.4. The summed E-state index contributed by atoms with van der Waals surface area (Å²) in [4.78, 5) is 72.8. The number of ether oxygens (including phenoxy) is 6. The van der Waals surface area contributed by atoms with E-state index in [2.05, 4.69) is 0 Å². The van der Waals surface area contributed by atoms with Crippen LogP contribution in [0.25, 0.3) is 0 Å². The van der Waals surface area contributed by atoms with E-state index in [0.717, 1.165) is 45.9 Å². The summed E-state index contributed by atoms with van der Waals surface area (Å²) in [5, 5.41) is 20.2. The van der Waals surface area contributed by atoms with Gasteiger partial charge in [0.2, 0.25) is 12.1 Å². The molecule has 210 valence electrons. The predicted molar refractivity (Wildman–Crippen MR) is 124 cm³/mol. The zero-order valence-electron chi connectivity index (χ0n) is 21.3. The van der Waals surface area contributed by atoms with Gasteiger partial charge in [0.1, 0.15) is 30.8 Å². The molecule has 0 amide bonds. The van der Waals surface area contributed by atoms with Crippen LogP contribution in [0.1, 0.15) is 48.4 Å². The molecule has 14 heteroatoms. The van der Waals surface area contributed by atoms with E-state index < -0.39 is 108 Å². The third-order valence-corrected chi connectivity index (χ3v) is 5.67. The molecule has 1 aromatic carbocycles. The first-order chi connectivity index (χ1) is 18.3. The topological polar surface area (TPSA) is 198 Å². The van der Waals surface area contributed by atoms with Crippen molar-refractivity contribution in [3.63, 3.8) is 0 Å². The Balaban J connectivity index is 2.05. The molecule has 1 aromatic rings. The minimum Gasteiger partial charge on any atom is -0.507 e. The van der Waals surface area contributed by atoms with Crippen LogP contribution in [0.4, 0.5) is 0 Å². The largest absolute Gasteiger partial charge is 0.507 e. The number of phenols is 2. The molecule has 0 unspecified atom stereocenters. The second-order valence-corrected chi connectivity index (χ2v) is 8.63. The van der Waals surface area contributed by atoms with Crippen molar-refractivity contribution in [2.75, 3.05) is 13.2 Å². The van der Waals surface area contributed by atoms with Crippen molar-refractivity contribution < 1.29 is 67.4 Å². The lowest BCUT2D eigenvalue weighted by atomic mass is 9.90. The molecule has 39 heavy (non-hydrogen) atoms. The molecular formula is C25H26O14. The van der Waals surface area contributed by atoms with Gasteiger partial charge in [-0.3, -0.25) is 28.8 Å². The Kier molecular flexibility index (Phi) is 8.91. The quantitative estimate of drug-likeness (QED) is 0.260. The zero-order chi connectivity index (χ0) is 29.0. The average molecular weight is 550 g/mol. The fourth-order valence-corrected chi connectivity index (χ4v) is 4.13. The van der Waals surface area contributed by atoms with Gasteiger partial charge in [0.15, 0.2) is 23.8 Å². The molecule has 0 aromatic heterocycles. The van der Waals surface area contributed by atoms with Crippen molar-refractivity contribution >= 4 is 35.4 Å². The molecule has 1 saturated heterocycles. The van der Waals surface area contributed by atoms with E-state index in [0.29, 0.717) is 0 Å². The number of hydrogen-bond donors (Lipinski definition) is 2. The summed E-state index contributed by atoms with van der Waals surface area (Å²) in [5.74, 6) is -7.94. The van der Waals surface area contributed by atoms with Crippen LogP contribution in [0.3, 0.4) is 0 Å². The van der Waals surface area contributed by atoms with Crippen LogP contribution in [0.2, 0.25) is 0 Å². The van der Waals surface area contributed by atoms with Crippen LogP contribution < -0.4 is 0 Å². The first-order valence-electron chi connectivity index (χ1n) is 11.6. The number of Topliss-reactive ketones (excluding diaryl/α,β-unsaturated/α-hetero) is 1. The molecule has 0 radical (unpaired) electrons. The number of benzene rings is 1. The van der Waals surface area contributed by atoms with Crippen LogP contribution in [-0.2, 0) is 47.6 Å². The highest BCUT2D eigenvalue weighted by Gasteiger charge is 2.52. The molecule has 14 nitrogen and oxygen atoms in total. The maximum absolute atomic E-state index is 13.2. The Morgan fingerprint density at radius 3 is 1.90 bits per heavy atom. The number of phenolic OH excluding ortho intramolecular Hbond substituents is 2. The second kappa shape index (κ2) is 11.9. The van der Waals surface area contributed by atoms with Gasteiger partial charge in [-0.05, 0) is 12.1 Å². The molecule has 1 heterocycles. The van der Waals surface area contributed by atoms with E-state index in [4.69, 9.17) is 28.4 Å². The van der Waals surface area contributed by atoms with Crippen LogP contribution >= 0.6 is 0 Å².